The minimum absolute atomic E-state index is 0.319. The molecule has 2 rings (SSSR count). The number of nitrogen functional groups attached to an aromatic ring is 1. The van der Waals surface area contributed by atoms with Crippen molar-refractivity contribution in [3.05, 3.63) is 23.8 Å². The summed E-state index contributed by atoms with van der Waals surface area (Å²) in [5, 5.41) is 8.72. The molecule has 0 saturated carbocycles. The van der Waals surface area contributed by atoms with Gasteiger partial charge < -0.3 is 15.7 Å². The van der Waals surface area contributed by atoms with E-state index in [-0.39, 0.29) is 0 Å². The van der Waals surface area contributed by atoms with Crippen LogP contribution in [0.4, 0.5) is 11.4 Å². The minimum atomic E-state index is 0.319. The number of hydrogen-bond donors (Lipinski definition) is 2. The highest BCUT2D eigenvalue weighted by Crippen LogP contribution is 2.33. The molecule has 1 aromatic rings. The molecular formula is C14H22N2O. The van der Waals surface area contributed by atoms with Crippen LogP contribution in [0.5, 0.6) is 0 Å². The molecule has 1 heterocycles. The number of anilines is 2. The van der Waals surface area contributed by atoms with Gasteiger partial charge in [0.1, 0.15) is 0 Å². The van der Waals surface area contributed by atoms with Crippen LogP contribution >= 0.6 is 0 Å². The zero-order valence-corrected chi connectivity index (χ0v) is 10.4. The van der Waals surface area contributed by atoms with E-state index in [1.807, 2.05) is 12.1 Å². The third-order valence-electron chi connectivity index (χ3n) is 3.45. The van der Waals surface area contributed by atoms with Gasteiger partial charge in [0.2, 0.25) is 0 Å². The number of para-hydroxylation sites is 1. The SMILES string of the molecule is Nc1cccc2c1N(CCCCCCO)CC2. The first kappa shape index (κ1) is 12.2. The molecule has 0 fully saturated rings. The average Bonchev–Trinajstić information content (AvgIpc) is 2.74. The summed E-state index contributed by atoms with van der Waals surface area (Å²) in [5.41, 5.74) is 9.60. The van der Waals surface area contributed by atoms with Crippen molar-refractivity contribution in [2.24, 2.45) is 0 Å². The number of fused-ring (bicyclic) bond motifs is 1. The maximum absolute atomic E-state index is 8.72. The molecule has 1 aromatic carbocycles. The molecule has 0 radical (unpaired) electrons. The van der Waals surface area contributed by atoms with Crippen LogP contribution in [0.15, 0.2) is 18.2 Å². The lowest BCUT2D eigenvalue weighted by atomic mass is 10.1. The summed E-state index contributed by atoms with van der Waals surface area (Å²) in [7, 11) is 0. The number of aliphatic hydroxyl groups excluding tert-OH is 1. The Kier molecular flexibility index (Phi) is 4.26. The lowest BCUT2D eigenvalue weighted by molar-refractivity contribution is 0.282. The van der Waals surface area contributed by atoms with Gasteiger partial charge in [0, 0.05) is 19.7 Å². The van der Waals surface area contributed by atoms with Crippen LogP contribution in [0.1, 0.15) is 31.2 Å². The number of rotatable bonds is 6. The summed E-state index contributed by atoms with van der Waals surface area (Å²) < 4.78 is 0. The Hall–Kier alpha value is -1.22. The maximum Gasteiger partial charge on any atom is 0.0633 e. The molecule has 0 bridgehead atoms. The Morgan fingerprint density at radius 1 is 1.18 bits per heavy atom. The van der Waals surface area contributed by atoms with E-state index < -0.39 is 0 Å². The van der Waals surface area contributed by atoms with Crippen molar-refractivity contribution >= 4 is 11.4 Å². The molecule has 0 unspecified atom stereocenters. The highest BCUT2D eigenvalue weighted by molar-refractivity contribution is 5.74. The highest BCUT2D eigenvalue weighted by Gasteiger charge is 2.20. The topological polar surface area (TPSA) is 49.5 Å². The second-order valence-corrected chi connectivity index (χ2v) is 4.73. The number of nitrogens with zero attached hydrogens (tertiary/aromatic N) is 1. The van der Waals surface area contributed by atoms with Crippen molar-refractivity contribution < 1.29 is 5.11 Å². The fraction of sp³-hybridized carbons (Fsp3) is 0.571. The Morgan fingerprint density at radius 3 is 2.82 bits per heavy atom. The molecule has 94 valence electrons. The van der Waals surface area contributed by atoms with E-state index in [1.165, 1.54) is 24.1 Å². The second-order valence-electron chi connectivity index (χ2n) is 4.73. The monoisotopic (exact) mass is 234 g/mol. The predicted octanol–water partition coefficient (Wildman–Crippen LogP) is 2.18. The third-order valence-corrected chi connectivity index (χ3v) is 3.45. The van der Waals surface area contributed by atoms with Crippen molar-refractivity contribution in [3.8, 4) is 0 Å². The number of benzene rings is 1. The van der Waals surface area contributed by atoms with E-state index >= 15 is 0 Å². The molecule has 0 spiro atoms. The Balaban J connectivity index is 1.85. The van der Waals surface area contributed by atoms with Gasteiger partial charge in [0.15, 0.2) is 0 Å². The van der Waals surface area contributed by atoms with Gasteiger partial charge in [0.05, 0.1) is 11.4 Å². The summed E-state index contributed by atoms with van der Waals surface area (Å²) in [6, 6.07) is 6.21. The summed E-state index contributed by atoms with van der Waals surface area (Å²) in [5.74, 6) is 0. The van der Waals surface area contributed by atoms with Crippen LogP contribution in [0.25, 0.3) is 0 Å². The van der Waals surface area contributed by atoms with E-state index in [1.54, 1.807) is 0 Å². The smallest absolute Gasteiger partial charge is 0.0633 e. The van der Waals surface area contributed by atoms with Crippen molar-refractivity contribution in [1.82, 2.24) is 0 Å². The van der Waals surface area contributed by atoms with E-state index in [0.717, 1.165) is 38.0 Å². The maximum atomic E-state index is 8.72. The van der Waals surface area contributed by atoms with Gasteiger partial charge in [-0.15, -0.1) is 0 Å². The van der Waals surface area contributed by atoms with Crippen molar-refractivity contribution in [2.45, 2.75) is 32.1 Å². The van der Waals surface area contributed by atoms with E-state index in [4.69, 9.17) is 10.8 Å². The second kappa shape index (κ2) is 5.92. The molecule has 0 saturated heterocycles. The number of nitrogens with two attached hydrogens (primary N) is 1. The first-order valence-corrected chi connectivity index (χ1v) is 6.56. The predicted molar refractivity (Wildman–Crippen MR) is 72.3 cm³/mol. The van der Waals surface area contributed by atoms with Gasteiger partial charge in [-0.25, -0.2) is 0 Å². The van der Waals surface area contributed by atoms with Crippen molar-refractivity contribution in [2.75, 3.05) is 30.3 Å². The minimum Gasteiger partial charge on any atom is -0.397 e. The summed E-state index contributed by atoms with van der Waals surface area (Å²) in [4.78, 5) is 2.41. The van der Waals surface area contributed by atoms with Crippen LogP contribution in [0, 0.1) is 0 Å². The largest absolute Gasteiger partial charge is 0.397 e. The first-order valence-electron chi connectivity index (χ1n) is 6.56. The number of unbranched alkanes of at least 4 members (excludes halogenated alkanes) is 3. The van der Waals surface area contributed by atoms with E-state index in [2.05, 4.69) is 11.0 Å². The average molecular weight is 234 g/mol. The normalized spacial score (nSPS) is 14.1. The number of hydrogen-bond acceptors (Lipinski definition) is 3. The lowest BCUT2D eigenvalue weighted by Crippen LogP contribution is -2.22. The molecule has 0 aliphatic carbocycles. The summed E-state index contributed by atoms with van der Waals surface area (Å²) in [6.45, 7) is 2.51. The van der Waals surface area contributed by atoms with Crippen LogP contribution < -0.4 is 10.6 Å². The van der Waals surface area contributed by atoms with E-state index in [0.29, 0.717) is 6.61 Å². The first-order chi connectivity index (χ1) is 8.33. The number of aliphatic hydroxyl groups is 1. The van der Waals surface area contributed by atoms with E-state index in [9.17, 15) is 0 Å². The van der Waals surface area contributed by atoms with Crippen molar-refractivity contribution in [3.63, 3.8) is 0 Å². The van der Waals surface area contributed by atoms with Gasteiger partial charge in [-0.2, -0.15) is 0 Å². The molecule has 0 aromatic heterocycles. The standard InChI is InChI=1S/C14H22N2O/c15-13-7-5-6-12-8-10-16(14(12)13)9-3-1-2-4-11-17/h5-7,17H,1-4,8-11,15H2. The zero-order valence-electron chi connectivity index (χ0n) is 10.4. The van der Waals surface area contributed by atoms with Crippen LogP contribution in [-0.4, -0.2) is 24.8 Å². The quantitative estimate of drug-likeness (QED) is 0.586. The van der Waals surface area contributed by atoms with Gasteiger partial charge >= 0.3 is 0 Å². The summed E-state index contributed by atoms with van der Waals surface area (Å²) in [6.07, 6.45) is 5.56. The molecule has 0 atom stereocenters. The third kappa shape index (κ3) is 2.91. The lowest BCUT2D eigenvalue weighted by Gasteiger charge is -2.20. The van der Waals surface area contributed by atoms with Crippen LogP contribution in [0.2, 0.25) is 0 Å². The Bertz CT molecular complexity index is 365. The molecule has 3 heteroatoms. The molecule has 1 aliphatic heterocycles. The fourth-order valence-corrected chi connectivity index (χ4v) is 2.56. The Labute approximate surface area is 103 Å². The van der Waals surface area contributed by atoms with Crippen molar-refractivity contribution in [1.29, 1.82) is 0 Å². The molecular weight excluding hydrogens is 212 g/mol. The zero-order chi connectivity index (χ0) is 12.1. The fourth-order valence-electron chi connectivity index (χ4n) is 2.56. The van der Waals surface area contributed by atoms with Gasteiger partial charge in [-0.3, -0.25) is 0 Å². The highest BCUT2D eigenvalue weighted by atomic mass is 16.2. The summed E-state index contributed by atoms with van der Waals surface area (Å²) >= 11 is 0. The van der Waals surface area contributed by atoms with Crippen LogP contribution in [-0.2, 0) is 6.42 Å². The molecule has 17 heavy (non-hydrogen) atoms. The molecule has 3 nitrogen and oxygen atoms in total. The van der Waals surface area contributed by atoms with Gasteiger partial charge in [-0.05, 0) is 30.9 Å². The van der Waals surface area contributed by atoms with Crippen LogP contribution in [0.3, 0.4) is 0 Å². The van der Waals surface area contributed by atoms with Gasteiger partial charge in [-0.1, -0.05) is 25.0 Å². The molecule has 1 aliphatic rings. The van der Waals surface area contributed by atoms with Gasteiger partial charge in [0.25, 0.3) is 0 Å². The Morgan fingerprint density at radius 2 is 2.00 bits per heavy atom. The molecule has 0 amide bonds. The molecule has 3 N–H and O–H groups in total.